The second-order valence-electron chi connectivity index (χ2n) is 4.85. The van der Waals surface area contributed by atoms with Crippen molar-refractivity contribution in [2.45, 2.75) is 0 Å². The average molecular weight is 328 g/mol. The fourth-order valence-corrected chi connectivity index (χ4v) is 3.39. The minimum atomic E-state index is -1.26. The molecule has 23 heavy (non-hydrogen) atoms. The van der Waals surface area contributed by atoms with E-state index >= 15 is 0 Å². The maximum atomic E-state index is 11.7. The van der Waals surface area contributed by atoms with Gasteiger partial charge in [-0.15, -0.1) is 11.3 Å². The lowest BCUT2D eigenvalue weighted by Gasteiger charge is -2.12. The number of carbonyl (C=O) groups is 2. The number of methoxy groups -OCH3 is 1. The van der Waals surface area contributed by atoms with Gasteiger partial charge in [-0.2, -0.15) is 0 Å². The first kappa shape index (κ1) is 15.1. The number of rotatable bonds is 4. The predicted octanol–water partition coefficient (Wildman–Crippen LogP) is 3.97. The third-order valence-electron chi connectivity index (χ3n) is 3.58. The Bertz CT molecular complexity index is 909. The molecule has 1 heterocycles. The smallest absolute Gasteiger partial charge is 0.337 e. The molecule has 0 aliphatic heterocycles. The Hall–Kier alpha value is -2.86. The molecule has 0 amide bonds. The summed E-state index contributed by atoms with van der Waals surface area (Å²) in [6.07, 6.45) is 0. The van der Waals surface area contributed by atoms with Gasteiger partial charge < -0.3 is 14.9 Å². The Morgan fingerprint density at radius 1 is 1.04 bits per heavy atom. The van der Waals surface area contributed by atoms with E-state index in [1.54, 1.807) is 37.4 Å². The molecule has 0 aliphatic rings. The molecule has 2 aromatic carbocycles. The van der Waals surface area contributed by atoms with E-state index < -0.39 is 11.9 Å². The number of aromatic carboxylic acids is 2. The van der Waals surface area contributed by atoms with Gasteiger partial charge in [-0.3, -0.25) is 0 Å². The monoisotopic (exact) mass is 328 g/mol. The molecule has 0 spiro atoms. The molecule has 5 nitrogen and oxygen atoms in total. The van der Waals surface area contributed by atoms with Crippen LogP contribution in [0.25, 0.3) is 21.2 Å². The molecule has 0 bridgehead atoms. The van der Waals surface area contributed by atoms with Crippen molar-refractivity contribution in [3.63, 3.8) is 0 Å². The number of benzene rings is 2. The fraction of sp³-hybridized carbons (Fsp3) is 0.0588. The quantitative estimate of drug-likeness (QED) is 0.757. The molecule has 3 rings (SSSR count). The molecule has 0 saturated carbocycles. The second kappa shape index (κ2) is 5.73. The Labute approximate surface area is 135 Å². The van der Waals surface area contributed by atoms with Crippen LogP contribution in [0.4, 0.5) is 0 Å². The molecule has 0 atom stereocenters. The first-order valence-corrected chi connectivity index (χ1v) is 7.56. The second-order valence-corrected chi connectivity index (χ2v) is 5.79. The van der Waals surface area contributed by atoms with Gasteiger partial charge in [0.25, 0.3) is 0 Å². The van der Waals surface area contributed by atoms with Crippen molar-refractivity contribution in [3.8, 4) is 16.9 Å². The van der Waals surface area contributed by atoms with E-state index in [2.05, 4.69) is 0 Å². The molecular weight excluding hydrogens is 316 g/mol. The summed E-state index contributed by atoms with van der Waals surface area (Å²) in [4.78, 5) is 23.2. The average Bonchev–Trinajstić information content (AvgIpc) is 3.01. The van der Waals surface area contributed by atoms with Gasteiger partial charge in [-0.25, -0.2) is 9.59 Å². The van der Waals surface area contributed by atoms with Crippen LogP contribution in [0.5, 0.6) is 5.75 Å². The number of carboxylic acid groups (broad SMARTS) is 2. The fourth-order valence-electron chi connectivity index (χ4n) is 2.56. The number of ether oxygens (including phenoxy) is 1. The van der Waals surface area contributed by atoms with E-state index in [0.717, 1.165) is 10.1 Å². The highest BCUT2D eigenvalue weighted by atomic mass is 32.1. The number of hydrogen-bond acceptors (Lipinski definition) is 4. The Morgan fingerprint density at radius 3 is 2.30 bits per heavy atom. The summed E-state index contributed by atoms with van der Waals surface area (Å²) in [5.41, 5.74) is 0.637. The highest BCUT2D eigenvalue weighted by molar-refractivity contribution is 7.17. The molecule has 0 unspecified atom stereocenters. The highest BCUT2D eigenvalue weighted by Crippen LogP contribution is 2.37. The minimum Gasteiger partial charge on any atom is -0.497 e. The van der Waals surface area contributed by atoms with Crippen LogP contribution in [0.3, 0.4) is 0 Å². The Balaban J connectivity index is 2.40. The van der Waals surface area contributed by atoms with E-state index in [1.807, 2.05) is 5.38 Å². The van der Waals surface area contributed by atoms with Gasteiger partial charge >= 0.3 is 11.9 Å². The molecule has 116 valence electrons. The van der Waals surface area contributed by atoms with Crippen LogP contribution in [0.1, 0.15) is 20.7 Å². The summed E-state index contributed by atoms with van der Waals surface area (Å²) in [5, 5.41) is 21.5. The normalized spacial score (nSPS) is 10.7. The van der Waals surface area contributed by atoms with Crippen LogP contribution in [-0.4, -0.2) is 29.3 Å². The third kappa shape index (κ3) is 2.53. The Kier molecular flexibility index (Phi) is 3.75. The van der Waals surface area contributed by atoms with Gasteiger partial charge in [0.1, 0.15) is 5.75 Å². The van der Waals surface area contributed by atoms with Gasteiger partial charge in [-0.05, 0) is 35.2 Å². The topological polar surface area (TPSA) is 83.8 Å². The van der Waals surface area contributed by atoms with E-state index in [1.165, 1.54) is 17.4 Å². The maximum absolute atomic E-state index is 11.7. The lowest BCUT2D eigenvalue weighted by molar-refractivity contribution is 0.0652. The minimum absolute atomic E-state index is 0.200. The van der Waals surface area contributed by atoms with Crippen molar-refractivity contribution in [1.29, 1.82) is 0 Å². The van der Waals surface area contributed by atoms with Crippen molar-refractivity contribution in [2.24, 2.45) is 0 Å². The van der Waals surface area contributed by atoms with E-state index in [-0.39, 0.29) is 11.1 Å². The zero-order chi connectivity index (χ0) is 16.6. The van der Waals surface area contributed by atoms with Gasteiger partial charge in [-0.1, -0.05) is 12.1 Å². The van der Waals surface area contributed by atoms with Crippen LogP contribution in [0.2, 0.25) is 0 Å². The summed E-state index contributed by atoms with van der Waals surface area (Å²) >= 11 is 1.37. The first-order chi connectivity index (χ1) is 11.0. The lowest BCUT2D eigenvalue weighted by atomic mass is 9.92. The van der Waals surface area contributed by atoms with Crippen molar-refractivity contribution in [3.05, 3.63) is 52.9 Å². The molecule has 1 aromatic heterocycles. The van der Waals surface area contributed by atoms with Crippen molar-refractivity contribution in [1.82, 2.24) is 0 Å². The molecule has 0 radical (unpaired) electrons. The molecule has 0 fully saturated rings. The summed E-state index contributed by atoms with van der Waals surface area (Å²) in [7, 11) is 1.54. The molecular formula is C17H12O5S. The molecule has 0 aliphatic carbocycles. The van der Waals surface area contributed by atoms with Crippen LogP contribution >= 0.6 is 11.3 Å². The lowest BCUT2D eigenvalue weighted by Crippen LogP contribution is -2.10. The van der Waals surface area contributed by atoms with E-state index in [9.17, 15) is 19.8 Å². The van der Waals surface area contributed by atoms with Crippen molar-refractivity contribution in [2.75, 3.05) is 7.11 Å². The van der Waals surface area contributed by atoms with Crippen LogP contribution < -0.4 is 4.74 Å². The van der Waals surface area contributed by atoms with E-state index in [0.29, 0.717) is 16.9 Å². The van der Waals surface area contributed by atoms with E-state index in [4.69, 9.17) is 4.74 Å². The third-order valence-corrected chi connectivity index (χ3v) is 4.45. The first-order valence-electron chi connectivity index (χ1n) is 6.68. The molecule has 2 N–H and O–H groups in total. The van der Waals surface area contributed by atoms with Crippen LogP contribution in [0, 0.1) is 0 Å². The van der Waals surface area contributed by atoms with Gasteiger partial charge in [0.15, 0.2) is 0 Å². The van der Waals surface area contributed by atoms with Crippen molar-refractivity contribution >= 4 is 33.4 Å². The van der Waals surface area contributed by atoms with Crippen molar-refractivity contribution < 1.29 is 24.5 Å². The number of carboxylic acids is 2. The standard InChI is InChI=1S/C17H12O5S/c1-22-10-4-2-9(3-5-10)14-11-6-7-23-13(11)8-12(16(18)19)15(14)17(20)21/h2-8H,1H3,(H,18,19)(H,20,21). The number of thiophene rings is 1. The SMILES string of the molecule is COc1ccc(-c2c(C(=O)O)c(C(=O)O)cc3sccc23)cc1. The molecule has 6 heteroatoms. The van der Waals surface area contributed by atoms with Gasteiger partial charge in [0, 0.05) is 15.6 Å². The number of hydrogen-bond donors (Lipinski definition) is 2. The van der Waals surface area contributed by atoms with Crippen LogP contribution in [-0.2, 0) is 0 Å². The predicted molar refractivity (Wildman–Crippen MR) is 87.7 cm³/mol. The highest BCUT2D eigenvalue weighted by Gasteiger charge is 2.24. The Morgan fingerprint density at radius 2 is 1.74 bits per heavy atom. The van der Waals surface area contributed by atoms with Crippen LogP contribution in [0.15, 0.2) is 41.8 Å². The summed E-state index contributed by atoms with van der Waals surface area (Å²) < 4.78 is 5.84. The van der Waals surface area contributed by atoms with Gasteiger partial charge in [0.05, 0.1) is 18.2 Å². The largest absolute Gasteiger partial charge is 0.497 e. The molecule has 0 saturated heterocycles. The maximum Gasteiger partial charge on any atom is 0.337 e. The zero-order valence-electron chi connectivity index (χ0n) is 12.1. The zero-order valence-corrected chi connectivity index (χ0v) is 12.9. The number of fused-ring (bicyclic) bond motifs is 1. The summed E-state index contributed by atoms with van der Waals surface area (Å²) in [5.74, 6) is -1.88. The summed E-state index contributed by atoms with van der Waals surface area (Å²) in [6.45, 7) is 0. The summed E-state index contributed by atoms with van der Waals surface area (Å²) in [6, 6.07) is 10.1. The molecule has 3 aromatic rings. The van der Waals surface area contributed by atoms with Gasteiger partial charge in [0.2, 0.25) is 0 Å².